The molecule has 1 aliphatic heterocycles. The Labute approximate surface area is 153 Å². The zero-order valence-corrected chi connectivity index (χ0v) is 14.7. The average molecular weight is 387 g/mol. The van der Waals surface area contributed by atoms with E-state index < -0.39 is 11.8 Å². The van der Waals surface area contributed by atoms with Crippen molar-refractivity contribution in [2.45, 2.75) is 0 Å². The van der Waals surface area contributed by atoms with E-state index in [1.165, 1.54) is 22.7 Å². The van der Waals surface area contributed by atoms with E-state index in [1.807, 2.05) is 22.9 Å². The Morgan fingerprint density at radius 3 is 2.60 bits per heavy atom. The van der Waals surface area contributed by atoms with Gasteiger partial charge in [-0.15, -0.1) is 22.7 Å². The number of carbonyl (C=O) groups is 2. The highest BCUT2D eigenvalue weighted by molar-refractivity contribution is 7.17. The Morgan fingerprint density at radius 2 is 1.72 bits per heavy atom. The summed E-state index contributed by atoms with van der Waals surface area (Å²) in [7, 11) is 0. The van der Waals surface area contributed by atoms with Gasteiger partial charge in [0.05, 0.1) is 16.8 Å². The molecule has 0 aromatic carbocycles. The maximum atomic E-state index is 12.5. The third-order valence-corrected chi connectivity index (χ3v) is 5.86. The van der Waals surface area contributed by atoms with Crippen LogP contribution in [0, 0.1) is 0 Å². The Bertz CT molecular complexity index is 1230. The predicted octanol–water partition coefficient (Wildman–Crippen LogP) is 3.45. The molecule has 6 nitrogen and oxygen atoms in total. The van der Waals surface area contributed by atoms with Crippen molar-refractivity contribution in [2.24, 2.45) is 0 Å². The normalized spacial score (nSPS) is 14.9. The van der Waals surface area contributed by atoms with Gasteiger partial charge in [-0.1, -0.05) is 0 Å². The van der Waals surface area contributed by atoms with Gasteiger partial charge in [0, 0.05) is 22.5 Å². The molecule has 4 aromatic rings. The number of nitrogens with zero attached hydrogens (tertiary/aromatic N) is 2. The van der Waals surface area contributed by atoms with Crippen molar-refractivity contribution in [3.05, 3.63) is 45.6 Å². The van der Waals surface area contributed by atoms with Crippen molar-refractivity contribution >= 4 is 77.7 Å². The number of nitrogens with one attached hydrogen (secondary N) is 2. The summed E-state index contributed by atoms with van der Waals surface area (Å²) in [6, 6.07) is 3.74. The Balaban J connectivity index is 1.88. The van der Waals surface area contributed by atoms with Gasteiger partial charge in [0.2, 0.25) is 5.28 Å². The summed E-state index contributed by atoms with van der Waals surface area (Å²) < 4.78 is 0. The molecule has 4 aromatic heterocycles. The summed E-state index contributed by atoms with van der Waals surface area (Å²) in [5.74, 6) is -0.919. The summed E-state index contributed by atoms with van der Waals surface area (Å²) in [6.07, 6.45) is 1.74. The summed E-state index contributed by atoms with van der Waals surface area (Å²) in [5.41, 5.74) is 1.58. The molecule has 9 heteroatoms. The number of hydrogen-bond acceptors (Lipinski definition) is 6. The number of carbonyl (C=O) groups excluding carboxylic acids is 2. The van der Waals surface area contributed by atoms with Crippen LogP contribution in [0.25, 0.3) is 31.6 Å². The lowest BCUT2D eigenvalue weighted by atomic mass is 9.99. The summed E-state index contributed by atoms with van der Waals surface area (Å²) >= 11 is 8.97. The molecule has 0 saturated carbocycles. The van der Waals surface area contributed by atoms with Crippen LogP contribution in [0.15, 0.2) is 29.1 Å². The van der Waals surface area contributed by atoms with E-state index >= 15 is 0 Å². The van der Waals surface area contributed by atoms with Gasteiger partial charge < -0.3 is 4.98 Å². The molecule has 0 fully saturated rings. The number of H-pyrrole nitrogens is 1. The van der Waals surface area contributed by atoms with Crippen LogP contribution in [-0.4, -0.2) is 26.8 Å². The van der Waals surface area contributed by atoms with Crippen molar-refractivity contribution in [2.75, 3.05) is 0 Å². The highest BCUT2D eigenvalue weighted by Crippen LogP contribution is 2.38. The molecule has 2 amide bonds. The van der Waals surface area contributed by atoms with Gasteiger partial charge in [0.25, 0.3) is 11.8 Å². The highest BCUT2D eigenvalue weighted by atomic mass is 35.5. The van der Waals surface area contributed by atoms with Gasteiger partial charge in [-0.2, -0.15) is 0 Å². The van der Waals surface area contributed by atoms with Crippen molar-refractivity contribution in [3.8, 4) is 0 Å². The number of thiophene rings is 2. The molecular formula is C16H7ClN4O2S2. The van der Waals surface area contributed by atoms with E-state index in [-0.39, 0.29) is 10.9 Å². The molecule has 0 spiro atoms. The summed E-state index contributed by atoms with van der Waals surface area (Å²) in [4.78, 5) is 38.2. The van der Waals surface area contributed by atoms with Crippen LogP contribution in [0.5, 0.6) is 0 Å². The molecule has 0 aliphatic carbocycles. The Kier molecular flexibility index (Phi) is 3.08. The molecule has 0 bridgehead atoms. The molecule has 0 atom stereocenters. The third-order valence-electron chi connectivity index (χ3n) is 4.04. The van der Waals surface area contributed by atoms with Gasteiger partial charge in [0.1, 0.15) is 9.66 Å². The molecule has 0 saturated heterocycles. The monoisotopic (exact) mass is 386 g/mol. The average Bonchev–Trinajstić information content (AvgIpc) is 3.30. The van der Waals surface area contributed by atoms with E-state index in [1.54, 1.807) is 6.20 Å². The van der Waals surface area contributed by atoms with Gasteiger partial charge in [0.15, 0.2) is 0 Å². The number of aromatic amines is 1. The third kappa shape index (κ3) is 2.08. The first kappa shape index (κ1) is 14.8. The predicted molar refractivity (Wildman–Crippen MR) is 98.6 cm³/mol. The van der Waals surface area contributed by atoms with Gasteiger partial charge in [-0.3, -0.25) is 14.9 Å². The molecule has 0 radical (unpaired) electrons. The minimum absolute atomic E-state index is 0.0405. The van der Waals surface area contributed by atoms with Crippen LogP contribution < -0.4 is 5.32 Å². The van der Waals surface area contributed by atoms with Crippen LogP contribution in [0.1, 0.15) is 11.3 Å². The van der Waals surface area contributed by atoms with Crippen LogP contribution in [0.2, 0.25) is 5.28 Å². The van der Waals surface area contributed by atoms with E-state index in [2.05, 4.69) is 20.3 Å². The number of fused-ring (bicyclic) bond motifs is 2. The van der Waals surface area contributed by atoms with Crippen molar-refractivity contribution in [3.63, 3.8) is 0 Å². The fourth-order valence-corrected chi connectivity index (χ4v) is 4.77. The van der Waals surface area contributed by atoms with Gasteiger partial charge in [-0.25, -0.2) is 9.97 Å². The van der Waals surface area contributed by atoms with E-state index in [4.69, 9.17) is 11.6 Å². The summed E-state index contributed by atoms with van der Waals surface area (Å²) in [6.45, 7) is 0. The molecule has 1 aliphatic rings. The maximum Gasteiger partial charge on any atom is 0.261 e. The van der Waals surface area contributed by atoms with E-state index in [9.17, 15) is 9.59 Å². The fraction of sp³-hybridized carbons (Fsp3) is 0. The topological polar surface area (TPSA) is 87.7 Å². The lowest BCUT2D eigenvalue weighted by Crippen LogP contribution is -2.23. The van der Waals surface area contributed by atoms with Crippen LogP contribution in [0.3, 0.4) is 0 Å². The molecule has 5 heterocycles. The smallest absolute Gasteiger partial charge is 0.261 e. The number of rotatable bonds is 2. The van der Waals surface area contributed by atoms with Crippen molar-refractivity contribution in [1.82, 2.24) is 20.3 Å². The SMILES string of the molecule is O=C1NC(=O)C(c2c[nH]c3sccc23)=C1c1nc(Cl)nc2sccc12. The molecule has 0 unspecified atom stereocenters. The first-order valence-corrected chi connectivity index (χ1v) is 9.33. The highest BCUT2D eigenvalue weighted by Gasteiger charge is 2.35. The number of halogens is 1. The van der Waals surface area contributed by atoms with Crippen LogP contribution in [0.4, 0.5) is 0 Å². The zero-order chi connectivity index (χ0) is 17.1. The zero-order valence-electron chi connectivity index (χ0n) is 12.3. The number of aromatic nitrogens is 3. The molecule has 122 valence electrons. The lowest BCUT2D eigenvalue weighted by Gasteiger charge is -2.05. The first-order chi connectivity index (χ1) is 12.1. The van der Waals surface area contributed by atoms with Crippen LogP contribution in [-0.2, 0) is 9.59 Å². The Morgan fingerprint density at radius 1 is 0.960 bits per heavy atom. The van der Waals surface area contributed by atoms with E-state index in [0.29, 0.717) is 27.0 Å². The van der Waals surface area contributed by atoms with Crippen molar-refractivity contribution in [1.29, 1.82) is 0 Å². The molecular weight excluding hydrogens is 380 g/mol. The van der Waals surface area contributed by atoms with Crippen LogP contribution >= 0.6 is 34.3 Å². The van der Waals surface area contributed by atoms with Crippen molar-refractivity contribution < 1.29 is 9.59 Å². The number of hydrogen-bond donors (Lipinski definition) is 2. The number of imide groups is 1. The van der Waals surface area contributed by atoms with E-state index in [0.717, 1.165) is 10.2 Å². The summed E-state index contributed by atoms with van der Waals surface area (Å²) in [5, 5.41) is 7.78. The van der Waals surface area contributed by atoms with Gasteiger partial charge in [-0.05, 0) is 34.5 Å². The lowest BCUT2D eigenvalue weighted by molar-refractivity contribution is -0.122. The standard InChI is InChI=1S/C16H7ClN4O2S2/c17-16-19-11(7-2-4-25-15(7)21-16)10-9(12(22)20-13(10)23)8-5-18-14-6(8)1-3-24-14/h1-5,18H,(H,20,22,23). The molecule has 5 rings (SSSR count). The maximum absolute atomic E-state index is 12.5. The second-order valence-electron chi connectivity index (χ2n) is 5.38. The minimum atomic E-state index is -0.480. The molecule has 25 heavy (non-hydrogen) atoms. The molecule has 2 N–H and O–H groups in total. The second kappa shape index (κ2) is 5.22. The Hall–Kier alpha value is -2.55. The fourth-order valence-electron chi connectivity index (χ4n) is 3.01. The minimum Gasteiger partial charge on any atom is -0.352 e. The number of amides is 2. The first-order valence-electron chi connectivity index (χ1n) is 7.19. The second-order valence-corrected chi connectivity index (χ2v) is 7.53. The largest absolute Gasteiger partial charge is 0.352 e. The van der Waals surface area contributed by atoms with Gasteiger partial charge >= 0.3 is 0 Å². The quantitative estimate of drug-likeness (QED) is 0.408.